The number of carbonyl (C=O) groups is 1. The minimum absolute atomic E-state index is 0.123. The minimum atomic E-state index is -0.322. The zero-order valence-electron chi connectivity index (χ0n) is 15.4. The number of hydrogen-bond acceptors (Lipinski definition) is 6. The number of benzene rings is 2. The molecule has 0 aromatic heterocycles. The van der Waals surface area contributed by atoms with Crippen molar-refractivity contribution < 1.29 is 30.0 Å². The standard InChI is InChI=1S/C21H26O6/c1-14(22)27-17(9-6-16-8-11-19(24)21(26)13-16)5-3-2-4-15-7-10-18(23)20(25)12-15/h7-8,10-13,17,23-26H,2-6,9H2,1H3/t17-/m0/s1. The first kappa shape index (κ1) is 20.4. The summed E-state index contributed by atoms with van der Waals surface area (Å²) in [5, 5.41) is 37.8. The van der Waals surface area contributed by atoms with E-state index >= 15 is 0 Å². The normalized spacial score (nSPS) is 11.9. The molecule has 0 heterocycles. The summed E-state index contributed by atoms with van der Waals surface area (Å²) < 4.78 is 5.39. The van der Waals surface area contributed by atoms with E-state index in [1.807, 2.05) is 0 Å². The van der Waals surface area contributed by atoms with Gasteiger partial charge >= 0.3 is 5.97 Å². The van der Waals surface area contributed by atoms with Crippen LogP contribution in [0, 0.1) is 0 Å². The molecule has 2 rings (SSSR count). The molecule has 0 amide bonds. The fourth-order valence-electron chi connectivity index (χ4n) is 2.97. The van der Waals surface area contributed by atoms with Crippen LogP contribution in [0.15, 0.2) is 36.4 Å². The first-order valence-electron chi connectivity index (χ1n) is 9.04. The number of carbonyl (C=O) groups excluding carboxylic acids is 1. The van der Waals surface area contributed by atoms with Crippen LogP contribution in [0.25, 0.3) is 0 Å². The van der Waals surface area contributed by atoms with Gasteiger partial charge in [0.25, 0.3) is 0 Å². The smallest absolute Gasteiger partial charge is 0.302 e. The Kier molecular flexibility index (Phi) is 7.34. The molecule has 0 fully saturated rings. The second-order valence-corrected chi connectivity index (χ2v) is 6.66. The molecule has 0 saturated heterocycles. The molecule has 6 nitrogen and oxygen atoms in total. The predicted octanol–water partition coefficient (Wildman–Crippen LogP) is 3.79. The van der Waals surface area contributed by atoms with Crippen LogP contribution in [-0.4, -0.2) is 32.5 Å². The number of phenols is 4. The van der Waals surface area contributed by atoms with Gasteiger partial charge < -0.3 is 25.2 Å². The molecule has 2 aromatic rings. The van der Waals surface area contributed by atoms with Gasteiger partial charge in [-0.25, -0.2) is 0 Å². The van der Waals surface area contributed by atoms with Gasteiger partial charge in [0.15, 0.2) is 23.0 Å². The highest BCUT2D eigenvalue weighted by molar-refractivity contribution is 5.66. The van der Waals surface area contributed by atoms with Crippen molar-refractivity contribution in [3.63, 3.8) is 0 Å². The Bertz CT molecular complexity index is 771. The number of phenolic OH excluding ortho intramolecular Hbond substituents is 4. The predicted molar refractivity (Wildman–Crippen MR) is 101 cm³/mol. The maximum Gasteiger partial charge on any atom is 0.302 e. The van der Waals surface area contributed by atoms with Gasteiger partial charge in [-0.3, -0.25) is 4.79 Å². The van der Waals surface area contributed by atoms with Crippen LogP contribution in [0.2, 0.25) is 0 Å². The van der Waals surface area contributed by atoms with Crippen molar-refractivity contribution >= 4 is 5.97 Å². The van der Waals surface area contributed by atoms with Crippen LogP contribution < -0.4 is 0 Å². The Morgan fingerprint density at radius 1 is 0.815 bits per heavy atom. The number of ether oxygens (including phenoxy) is 1. The number of aromatic hydroxyl groups is 4. The number of rotatable bonds is 9. The molecule has 0 bridgehead atoms. The van der Waals surface area contributed by atoms with Gasteiger partial charge in [0.1, 0.15) is 6.10 Å². The lowest BCUT2D eigenvalue weighted by Gasteiger charge is -2.17. The summed E-state index contributed by atoms with van der Waals surface area (Å²) in [6.45, 7) is 1.39. The van der Waals surface area contributed by atoms with E-state index in [0.717, 1.165) is 30.4 Å². The van der Waals surface area contributed by atoms with Crippen LogP contribution >= 0.6 is 0 Å². The maximum absolute atomic E-state index is 11.3. The van der Waals surface area contributed by atoms with Crippen LogP contribution in [0.5, 0.6) is 23.0 Å². The van der Waals surface area contributed by atoms with Gasteiger partial charge in [-0.15, -0.1) is 0 Å². The maximum atomic E-state index is 11.3. The molecule has 0 aliphatic rings. The molecule has 0 spiro atoms. The van der Waals surface area contributed by atoms with Crippen LogP contribution in [0.4, 0.5) is 0 Å². The molecule has 0 saturated carbocycles. The summed E-state index contributed by atoms with van der Waals surface area (Å²) in [5.41, 5.74) is 1.80. The van der Waals surface area contributed by atoms with Crippen molar-refractivity contribution in [2.45, 2.75) is 51.6 Å². The number of hydrogen-bond donors (Lipinski definition) is 4. The van der Waals surface area contributed by atoms with Gasteiger partial charge in [0.05, 0.1) is 0 Å². The summed E-state index contributed by atoms with van der Waals surface area (Å²) in [6.07, 6.45) is 4.22. The van der Waals surface area contributed by atoms with Crippen molar-refractivity contribution in [2.24, 2.45) is 0 Å². The van der Waals surface area contributed by atoms with E-state index in [2.05, 4.69) is 0 Å². The van der Waals surface area contributed by atoms with E-state index in [9.17, 15) is 25.2 Å². The van der Waals surface area contributed by atoms with Gasteiger partial charge in [-0.2, -0.15) is 0 Å². The fraction of sp³-hybridized carbons (Fsp3) is 0.381. The average Bonchev–Trinajstić information content (AvgIpc) is 2.61. The third-order valence-corrected chi connectivity index (χ3v) is 4.41. The minimum Gasteiger partial charge on any atom is -0.504 e. The zero-order valence-corrected chi connectivity index (χ0v) is 15.4. The highest BCUT2D eigenvalue weighted by atomic mass is 16.5. The molecule has 4 N–H and O–H groups in total. The molecule has 0 aliphatic carbocycles. The van der Waals surface area contributed by atoms with Gasteiger partial charge in [0.2, 0.25) is 0 Å². The monoisotopic (exact) mass is 374 g/mol. The highest BCUT2D eigenvalue weighted by Gasteiger charge is 2.13. The van der Waals surface area contributed by atoms with E-state index in [4.69, 9.17) is 4.74 Å². The molecule has 1 atom stereocenters. The number of aryl methyl sites for hydroxylation is 2. The number of unbranched alkanes of at least 4 members (excludes halogenated alkanes) is 1. The molecule has 0 aliphatic heterocycles. The summed E-state index contributed by atoms with van der Waals surface area (Å²) >= 11 is 0. The van der Waals surface area contributed by atoms with E-state index in [-0.39, 0.29) is 35.1 Å². The SMILES string of the molecule is CC(=O)O[C@@H](CCCCc1ccc(O)c(O)c1)CCc1ccc(O)c(O)c1. The lowest BCUT2D eigenvalue weighted by Crippen LogP contribution is -2.17. The largest absolute Gasteiger partial charge is 0.504 e. The first-order valence-corrected chi connectivity index (χ1v) is 9.04. The van der Waals surface area contributed by atoms with Crippen LogP contribution in [-0.2, 0) is 22.4 Å². The molecule has 2 aromatic carbocycles. The molecular weight excluding hydrogens is 348 g/mol. The summed E-state index contributed by atoms with van der Waals surface area (Å²) in [5.74, 6) is -0.891. The quantitative estimate of drug-likeness (QED) is 0.302. The molecule has 27 heavy (non-hydrogen) atoms. The molecular formula is C21H26O6. The molecule has 0 unspecified atom stereocenters. The second kappa shape index (κ2) is 9.71. The van der Waals surface area contributed by atoms with Crippen LogP contribution in [0.1, 0.15) is 43.7 Å². The Morgan fingerprint density at radius 3 is 1.89 bits per heavy atom. The fourth-order valence-corrected chi connectivity index (χ4v) is 2.97. The second-order valence-electron chi connectivity index (χ2n) is 6.66. The highest BCUT2D eigenvalue weighted by Crippen LogP contribution is 2.27. The van der Waals surface area contributed by atoms with E-state index in [1.165, 1.54) is 25.1 Å². The number of esters is 1. The van der Waals surface area contributed by atoms with Gasteiger partial charge in [-0.05, 0) is 73.9 Å². The van der Waals surface area contributed by atoms with E-state index in [1.54, 1.807) is 18.2 Å². The Hall–Kier alpha value is -2.89. The Morgan fingerprint density at radius 2 is 1.37 bits per heavy atom. The topological polar surface area (TPSA) is 107 Å². The Balaban J connectivity index is 1.81. The van der Waals surface area contributed by atoms with Gasteiger partial charge in [-0.1, -0.05) is 12.1 Å². The van der Waals surface area contributed by atoms with Crippen molar-refractivity contribution in [3.05, 3.63) is 47.5 Å². The lowest BCUT2D eigenvalue weighted by atomic mass is 10.0. The molecule has 0 radical (unpaired) electrons. The third kappa shape index (κ3) is 6.73. The molecule has 146 valence electrons. The van der Waals surface area contributed by atoms with Crippen molar-refractivity contribution in [3.8, 4) is 23.0 Å². The van der Waals surface area contributed by atoms with E-state index < -0.39 is 0 Å². The zero-order chi connectivity index (χ0) is 19.8. The first-order chi connectivity index (χ1) is 12.8. The van der Waals surface area contributed by atoms with Crippen molar-refractivity contribution in [1.29, 1.82) is 0 Å². The van der Waals surface area contributed by atoms with E-state index in [0.29, 0.717) is 19.3 Å². The summed E-state index contributed by atoms with van der Waals surface area (Å²) in [6, 6.07) is 9.48. The molecule has 6 heteroatoms. The van der Waals surface area contributed by atoms with Crippen molar-refractivity contribution in [1.82, 2.24) is 0 Å². The average molecular weight is 374 g/mol. The third-order valence-electron chi connectivity index (χ3n) is 4.41. The van der Waals surface area contributed by atoms with Crippen LogP contribution in [0.3, 0.4) is 0 Å². The summed E-state index contributed by atoms with van der Waals surface area (Å²) in [4.78, 5) is 11.3. The van der Waals surface area contributed by atoms with Gasteiger partial charge in [0, 0.05) is 6.92 Å². The van der Waals surface area contributed by atoms with Crippen molar-refractivity contribution in [2.75, 3.05) is 0 Å². The summed E-state index contributed by atoms with van der Waals surface area (Å²) in [7, 11) is 0. The Labute approximate surface area is 158 Å². The lowest BCUT2D eigenvalue weighted by molar-refractivity contribution is -0.147.